The topological polar surface area (TPSA) is 85.8 Å². The lowest BCUT2D eigenvalue weighted by Crippen LogP contribution is -2.13. The van der Waals surface area contributed by atoms with Crippen LogP contribution in [0.2, 0.25) is 0 Å². The van der Waals surface area contributed by atoms with Crippen molar-refractivity contribution in [3.8, 4) is 6.07 Å². The Morgan fingerprint density at radius 2 is 2.04 bits per heavy atom. The molecule has 0 amide bonds. The van der Waals surface area contributed by atoms with Gasteiger partial charge >= 0.3 is 0 Å². The lowest BCUT2D eigenvalue weighted by molar-refractivity contribution is 0.601. The molecule has 23 heavy (non-hydrogen) atoms. The molecule has 0 aliphatic carbocycles. The second-order valence-electron chi connectivity index (χ2n) is 5.06. The molecular weight excluding hydrogens is 425 g/mol. The molecular formula is C16H12IN3O2S. The Bertz CT molecular complexity index is 1050. The molecule has 0 unspecified atom stereocenters. The van der Waals surface area contributed by atoms with Gasteiger partial charge in [-0.05, 0) is 59.3 Å². The molecule has 116 valence electrons. The Labute approximate surface area is 147 Å². The summed E-state index contributed by atoms with van der Waals surface area (Å²) in [6.07, 6.45) is 1.84. The molecule has 0 aliphatic rings. The maximum atomic E-state index is 12.6. The number of aryl methyl sites for hydroxylation is 1. The third-order valence-electron chi connectivity index (χ3n) is 3.51. The van der Waals surface area contributed by atoms with Crippen LogP contribution in [-0.4, -0.2) is 13.4 Å². The van der Waals surface area contributed by atoms with E-state index in [1.165, 1.54) is 12.1 Å². The van der Waals surface area contributed by atoms with Gasteiger partial charge in [0, 0.05) is 15.2 Å². The van der Waals surface area contributed by atoms with Gasteiger partial charge in [0.25, 0.3) is 10.0 Å². The van der Waals surface area contributed by atoms with Gasteiger partial charge < -0.3 is 4.98 Å². The van der Waals surface area contributed by atoms with Crippen molar-refractivity contribution in [2.24, 2.45) is 0 Å². The molecule has 5 nitrogen and oxygen atoms in total. The second kappa shape index (κ2) is 5.86. The van der Waals surface area contributed by atoms with Crippen LogP contribution in [0.3, 0.4) is 0 Å². The smallest absolute Gasteiger partial charge is 0.262 e. The molecule has 0 radical (unpaired) electrons. The van der Waals surface area contributed by atoms with E-state index in [1.54, 1.807) is 18.2 Å². The zero-order chi connectivity index (χ0) is 16.6. The fourth-order valence-electron chi connectivity index (χ4n) is 2.39. The van der Waals surface area contributed by atoms with Crippen molar-refractivity contribution in [1.82, 2.24) is 4.98 Å². The van der Waals surface area contributed by atoms with Gasteiger partial charge in [-0.3, -0.25) is 4.72 Å². The number of anilines is 1. The van der Waals surface area contributed by atoms with E-state index in [0.717, 1.165) is 20.0 Å². The predicted molar refractivity (Wildman–Crippen MR) is 97.7 cm³/mol. The molecule has 2 aromatic carbocycles. The van der Waals surface area contributed by atoms with E-state index >= 15 is 0 Å². The summed E-state index contributed by atoms with van der Waals surface area (Å²) in [6.45, 7) is 1.98. The molecule has 0 saturated carbocycles. The zero-order valence-electron chi connectivity index (χ0n) is 12.1. The van der Waals surface area contributed by atoms with Crippen molar-refractivity contribution < 1.29 is 8.42 Å². The van der Waals surface area contributed by atoms with Gasteiger partial charge in [-0.1, -0.05) is 12.1 Å². The Hall–Kier alpha value is -2.05. The number of fused-ring (bicyclic) bond motifs is 1. The first-order valence-corrected chi connectivity index (χ1v) is 9.28. The third kappa shape index (κ3) is 2.92. The van der Waals surface area contributed by atoms with Crippen LogP contribution in [0.5, 0.6) is 0 Å². The van der Waals surface area contributed by atoms with Gasteiger partial charge in [0.1, 0.15) is 0 Å². The molecule has 0 bridgehead atoms. The van der Waals surface area contributed by atoms with E-state index in [4.69, 9.17) is 5.26 Å². The maximum Gasteiger partial charge on any atom is 0.262 e. The van der Waals surface area contributed by atoms with Crippen LogP contribution in [0.25, 0.3) is 10.9 Å². The summed E-state index contributed by atoms with van der Waals surface area (Å²) in [4.78, 5) is 3.17. The zero-order valence-corrected chi connectivity index (χ0v) is 15.1. The molecule has 3 rings (SSSR count). The summed E-state index contributed by atoms with van der Waals surface area (Å²) in [6, 6.07) is 11.5. The molecule has 2 N–H and O–H groups in total. The van der Waals surface area contributed by atoms with Crippen molar-refractivity contribution in [2.75, 3.05) is 4.72 Å². The van der Waals surface area contributed by atoms with Crippen molar-refractivity contribution in [2.45, 2.75) is 11.8 Å². The molecule has 7 heteroatoms. The first-order chi connectivity index (χ1) is 10.9. The average molecular weight is 437 g/mol. The molecule has 1 aromatic heterocycles. The molecule has 1 heterocycles. The largest absolute Gasteiger partial charge is 0.358 e. The molecule has 0 atom stereocenters. The Morgan fingerprint density at radius 3 is 2.78 bits per heavy atom. The van der Waals surface area contributed by atoms with E-state index in [9.17, 15) is 8.42 Å². The average Bonchev–Trinajstić information content (AvgIpc) is 2.93. The number of H-pyrrole nitrogens is 1. The van der Waals surface area contributed by atoms with Crippen molar-refractivity contribution in [1.29, 1.82) is 5.26 Å². The minimum absolute atomic E-state index is 0.0616. The number of hydrogen-bond acceptors (Lipinski definition) is 3. The second-order valence-corrected chi connectivity index (χ2v) is 7.91. The van der Waals surface area contributed by atoms with Gasteiger partial charge in [0.05, 0.1) is 27.7 Å². The Morgan fingerprint density at radius 1 is 1.26 bits per heavy atom. The number of rotatable bonds is 3. The molecule has 3 aromatic rings. The highest BCUT2D eigenvalue weighted by atomic mass is 127. The van der Waals surface area contributed by atoms with Gasteiger partial charge in [-0.2, -0.15) is 5.26 Å². The quantitative estimate of drug-likeness (QED) is 0.612. The maximum absolute atomic E-state index is 12.6. The predicted octanol–water partition coefficient (Wildman–Crippen LogP) is 3.75. The lowest BCUT2D eigenvalue weighted by Gasteiger charge is -2.10. The van der Waals surface area contributed by atoms with Crippen LogP contribution >= 0.6 is 22.6 Å². The molecule has 0 saturated heterocycles. The number of hydrogen-bond donors (Lipinski definition) is 2. The monoisotopic (exact) mass is 437 g/mol. The summed E-state index contributed by atoms with van der Waals surface area (Å²) in [5, 5.41) is 9.92. The highest BCUT2D eigenvalue weighted by Crippen LogP contribution is 2.30. The van der Waals surface area contributed by atoms with Gasteiger partial charge in [-0.15, -0.1) is 0 Å². The van der Waals surface area contributed by atoms with E-state index in [-0.39, 0.29) is 4.90 Å². The summed E-state index contributed by atoms with van der Waals surface area (Å²) < 4.78 is 28.8. The van der Waals surface area contributed by atoms with Crippen LogP contribution in [-0.2, 0) is 10.0 Å². The third-order valence-corrected chi connectivity index (χ3v) is 5.73. The van der Waals surface area contributed by atoms with Crippen LogP contribution < -0.4 is 4.72 Å². The van der Waals surface area contributed by atoms with Crippen LogP contribution in [0.4, 0.5) is 5.69 Å². The number of aromatic nitrogens is 1. The highest BCUT2D eigenvalue weighted by molar-refractivity contribution is 14.1. The van der Waals surface area contributed by atoms with Crippen LogP contribution in [0, 0.1) is 21.8 Å². The minimum Gasteiger partial charge on any atom is -0.358 e. The number of nitriles is 1. The summed E-state index contributed by atoms with van der Waals surface area (Å²) >= 11 is 2.21. The van der Waals surface area contributed by atoms with Crippen molar-refractivity contribution in [3.05, 3.63) is 57.3 Å². The van der Waals surface area contributed by atoms with Crippen LogP contribution in [0.15, 0.2) is 47.5 Å². The number of halogens is 1. The first-order valence-electron chi connectivity index (χ1n) is 6.71. The van der Waals surface area contributed by atoms with Gasteiger partial charge in [-0.25, -0.2) is 8.42 Å². The van der Waals surface area contributed by atoms with E-state index < -0.39 is 10.0 Å². The SMILES string of the molecule is Cc1ccc(NS(=O)(=O)c2cccc(C#N)c2)c2[nH]cc(I)c12. The molecule has 0 aliphatic heterocycles. The highest BCUT2D eigenvalue weighted by Gasteiger charge is 2.17. The Kier molecular flexibility index (Phi) is 4.04. The summed E-state index contributed by atoms with van der Waals surface area (Å²) in [5.74, 6) is 0. The van der Waals surface area contributed by atoms with E-state index in [1.807, 2.05) is 25.3 Å². The fraction of sp³-hybridized carbons (Fsp3) is 0.0625. The fourth-order valence-corrected chi connectivity index (χ4v) is 4.36. The van der Waals surface area contributed by atoms with Crippen molar-refractivity contribution >= 4 is 49.2 Å². The number of benzene rings is 2. The van der Waals surface area contributed by atoms with Gasteiger partial charge in [0.15, 0.2) is 0 Å². The molecule has 0 spiro atoms. The first kappa shape index (κ1) is 15.8. The summed E-state index contributed by atoms with van der Waals surface area (Å²) in [5.41, 5.74) is 2.60. The standard InChI is InChI=1S/C16H12IN3O2S/c1-10-5-6-14(16-15(10)13(17)9-19-16)20-23(21,22)12-4-2-3-11(7-12)8-18/h2-7,9,19-20H,1H3. The Balaban J connectivity index is 2.08. The minimum atomic E-state index is -3.76. The van der Waals surface area contributed by atoms with Crippen LogP contribution in [0.1, 0.15) is 11.1 Å². The number of aromatic amines is 1. The number of nitrogens with zero attached hydrogens (tertiary/aromatic N) is 1. The molecule has 0 fully saturated rings. The normalized spacial score (nSPS) is 11.3. The number of nitrogens with one attached hydrogen (secondary N) is 2. The van der Waals surface area contributed by atoms with Gasteiger partial charge in [0.2, 0.25) is 0 Å². The van der Waals surface area contributed by atoms with E-state index in [0.29, 0.717) is 11.3 Å². The summed E-state index contributed by atoms with van der Waals surface area (Å²) in [7, 11) is -3.76. The van der Waals surface area contributed by atoms with Crippen molar-refractivity contribution in [3.63, 3.8) is 0 Å². The van der Waals surface area contributed by atoms with E-state index in [2.05, 4.69) is 32.3 Å². The number of sulfonamides is 1. The lowest BCUT2D eigenvalue weighted by atomic mass is 10.1.